The molecule has 0 saturated heterocycles. The van der Waals surface area contributed by atoms with Gasteiger partial charge in [-0.25, -0.2) is 4.99 Å². The van der Waals surface area contributed by atoms with Gasteiger partial charge in [-0.3, -0.25) is 4.79 Å². The van der Waals surface area contributed by atoms with Gasteiger partial charge in [-0.15, -0.1) is 0 Å². The summed E-state index contributed by atoms with van der Waals surface area (Å²) in [6.45, 7) is 1.71. The summed E-state index contributed by atoms with van der Waals surface area (Å²) < 4.78 is 0. The molecule has 0 radical (unpaired) electrons. The first-order chi connectivity index (χ1) is 4.66. The Morgan fingerprint density at radius 2 is 2.10 bits per heavy atom. The minimum Gasteiger partial charge on any atom is -0.369 e. The number of nitrogens with zero attached hydrogens (tertiary/aromatic N) is 2. The van der Waals surface area contributed by atoms with Gasteiger partial charge in [0.05, 0.1) is 6.34 Å². The summed E-state index contributed by atoms with van der Waals surface area (Å²) in [7, 11) is 3.74. The molecule has 10 heavy (non-hydrogen) atoms. The van der Waals surface area contributed by atoms with Crippen LogP contribution in [0.25, 0.3) is 0 Å². The van der Waals surface area contributed by atoms with Crippen LogP contribution in [0.2, 0.25) is 0 Å². The smallest absolute Gasteiger partial charge is 0.147 e. The first-order valence-electron chi connectivity index (χ1n) is 2.98. The first kappa shape index (κ1) is 8.88. The van der Waals surface area contributed by atoms with Crippen LogP contribution in [0.3, 0.4) is 0 Å². The van der Waals surface area contributed by atoms with Gasteiger partial charge in [0.15, 0.2) is 0 Å². The monoisotopic (exact) mass is 140 g/mol. The van der Waals surface area contributed by atoms with Crippen molar-refractivity contribution in [1.29, 1.82) is 0 Å². The summed E-state index contributed by atoms with van der Waals surface area (Å²) in [5.74, 6) is 0. The Kier molecular flexibility index (Phi) is 4.20. The molecule has 0 N–H and O–H groups in total. The highest BCUT2D eigenvalue weighted by molar-refractivity contribution is 5.72. The van der Waals surface area contributed by atoms with Crippen LogP contribution in [0.15, 0.2) is 16.8 Å². The molecule has 0 aromatic carbocycles. The second-order valence-electron chi connectivity index (χ2n) is 2.22. The Labute approximate surface area is 61.1 Å². The topological polar surface area (TPSA) is 32.7 Å². The van der Waals surface area contributed by atoms with E-state index in [1.165, 1.54) is 6.20 Å². The Bertz CT molecular complexity index is 159. The summed E-state index contributed by atoms with van der Waals surface area (Å²) in [5, 5.41) is 0. The Hall–Kier alpha value is -1.12. The maximum atomic E-state index is 10.0. The standard InChI is InChI=1S/C7H12N2O/c1-7(5-10)4-8-6-9(2)3/h4-6H,1-3H3. The van der Waals surface area contributed by atoms with Gasteiger partial charge in [-0.05, 0) is 6.92 Å². The van der Waals surface area contributed by atoms with Crippen molar-refractivity contribution in [2.75, 3.05) is 14.1 Å². The Balaban J connectivity index is 3.81. The van der Waals surface area contributed by atoms with Gasteiger partial charge in [0.2, 0.25) is 0 Å². The molecule has 56 valence electrons. The first-order valence-corrected chi connectivity index (χ1v) is 2.98. The van der Waals surface area contributed by atoms with Crippen LogP contribution in [0, 0.1) is 0 Å². The zero-order chi connectivity index (χ0) is 7.98. The van der Waals surface area contributed by atoms with Gasteiger partial charge in [0.1, 0.15) is 6.29 Å². The molecule has 0 rings (SSSR count). The van der Waals surface area contributed by atoms with E-state index >= 15 is 0 Å². The summed E-state index contributed by atoms with van der Waals surface area (Å²) in [6.07, 6.45) is 3.92. The van der Waals surface area contributed by atoms with Crippen molar-refractivity contribution in [1.82, 2.24) is 4.90 Å². The molecule has 0 aromatic heterocycles. The lowest BCUT2D eigenvalue weighted by atomic mass is 10.4. The van der Waals surface area contributed by atoms with Crippen molar-refractivity contribution in [3.05, 3.63) is 11.8 Å². The minimum atomic E-state index is 0.623. The third kappa shape index (κ3) is 5.03. The number of aliphatic imine (C=N–C) groups is 1. The Morgan fingerprint density at radius 1 is 1.50 bits per heavy atom. The van der Waals surface area contributed by atoms with E-state index < -0.39 is 0 Å². The average molecular weight is 140 g/mol. The highest BCUT2D eigenvalue weighted by Gasteiger charge is 1.79. The fourth-order valence-electron chi connectivity index (χ4n) is 0.315. The van der Waals surface area contributed by atoms with Crippen molar-refractivity contribution in [2.24, 2.45) is 4.99 Å². The minimum absolute atomic E-state index is 0.623. The Morgan fingerprint density at radius 3 is 2.50 bits per heavy atom. The highest BCUT2D eigenvalue weighted by Crippen LogP contribution is 1.84. The predicted octanol–water partition coefficient (Wildman–Crippen LogP) is 0.679. The SMILES string of the molecule is CC(C=O)=CN=CN(C)C. The van der Waals surface area contributed by atoms with Crippen LogP contribution in [0.4, 0.5) is 0 Å². The lowest BCUT2D eigenvalue weighted by Crippen LogP contribution is -2.06. The number of carbonyl (C=O) groups is 1. The number of hydrogen-bond acceptors (Lipinski definition) is 2. The second kappa shape index (κ2) is 4.73. The van der Waals surface area contributed by atoms with Gasteiger partial charge < -0.3 is 4.90 Å². The van der Waals surface area contributed by atoms with Crippen LogP contribution in [-0.2, 0) is 4.79 Å². The summed E-state index contributed by atoms with van der Waals surface area (Å²) in [5.41, 5.74) is 0.623. The van der Waals surface area contributed by atoms with Crippen LogP contribution in [0.5, 0.6) is 0 Å². The summed E-state index contributed by atoms with van der Waals surface area (Å²) in [6, 6.07) is 0. The van der Waals surface area contributed by atoms with E-state index in [-0.39, 0.29) is 0 Å². The van der Waals surface area contributed by atoms with E-state index in [4.69, 9.17) is 0 Å². The van der Waals surface area contributed by atoms with Crippen molar-refractivity contribution >= 4 is 12.6 Å². The highest BCUT2D eigenvalue weighted by atomic mass is 16.1. The van der Waals surface area contributed by atoms with Crippen molar-refractivity contribution in [3.63, 3.8) is 0 Å². The molecule has 0 spiro atoms. The van der Waals surface area contributed by atoms with Crippen molar-refractivity contribution in [2.45, 2.75) is 6.92 Å². The molecule has 0 aliphatic rings. The van der Waals surface area contributed by atoms with Crippen molar-refractivity contribution in [3.8, 4) is 0 Å². The molecule has 3 nitrogen and oxygen atoms in total. The molecule has 3 heteroatoms. The van der Waals surface area contributed by atoms with Gasteiger partial charge >= 0.3 is 0 Å². The maximum absolute atomic E-state index is 10.0. The van der Waals surface area contributed by atoms with Gasteiger partial charge in [0.25, 0.3) is 0 Å². The molecule has 0 bridgehead atoms. The molecule has 0 aromatic rings. The summed E-state index contributed by atoms with van der Waals surface area (Å²) >= 11 is 0. The molecule has 0 heterocycles. The molecule has 0 aliphatic heterocycles. The maximum Gasteiger partial charge on any atom is 0.147 e. The zero-order valence-electron chi connectivity index (χ0n) is 6.53. The van der Waals surface area contributed by atoms with E-state index in [0.717, 1.165) is 6.29 Å². The molecule has 0 unspecified atom stereocenters. The molecule has 0 fully saturated rings. The average Bonchev–Trinajstić information content (AvgIpc) is 1.87. The predicted molar refractivity (Wildman–Crippen MR) is 42.0 cm³/mol. The summed E-state index contributed by atoms with van der Waals surface area (Å²) in [4.78, 5) is 15.7. The quantitative estimate of drug-likeness (QED) is 0.250. The third-order valence-corrected chi connectivity index (χ3v) is 0.762. The zero-order valence-corrected chi connectivity index (χ0v) is 6.53. The van der Waals surface area contributed by atoms with E-state index in [9.17, 15) is 4.79 Å². The lowest BCUT2D eigenvalue weighted by molar-refractivity contribution is -0.104. The van der Waals surface area contributed by atoms with Gasteiger partial charge in [-0.2, -0.15) is 0 Å². The molecule has 0 saturated carbocycles. The van der Waals surface area contributed by atoms with Crippen LogP contribution in [0.1, 0.15) is 6.92 Å². The largest absolute Gasteiger partial charge is 0.369 e. The third-order valence-electron chi connectivity index (χ3n) is 0.762. The number of aldehydes is 1. The fraction of sp³-hybridized carbons (Fsp3) is 0.429. The number of allylic oxidation sites excluding steroid dienone is 1. The fourth-order valence-corrected chi connectivity index (χ4v) is 0.315. The van der Waals surface area contributed by atoms with Gasteiger partial charge in [-0.1, -0.05) is 0 Å². The van der Waals surface area contributed by atoms with Crippen LogP contribution >= 0.6 is 0 Å². The van der Waals surface area contributed by atoms with Crippen LogP contribution in [-0.4, -0.2) is 31.6 Å². The van der Waals surface area contributed by atoms with E-state index in [0.29, 0.717) is 5.57 Å². The normalized spacial score (nSPS) is 12.1. The number of rotatable bonds is 3. The molecular weight excluding hydrogens is 128 g/mol. The molecule has 0 atom stereocenters. The molecule has 0 amide bonds. The second-order valence-corrected chi connectivity index (χ2v) is 2.22. The number of carbonyl (C=O) groups excluding carboxylic acids is 1. The van der Waals surface area contributed by atoms with E-state index in [1.54, 1.807) is 18.2 Å². The van der Waals surface area contributed by atoms with E-state index in [2.05, 4.69) is 4.99 Å². The molecular formula is C7H12N2O. The van der Waals surface area contributed by atoms with Crippen LogP contribution < -0.4 is 0 Å². The molecule has 0 aliphatic carbocycles. The van der Waals surface area contributed by atoms with Gasteiger partial charge in [0, 0.05) is 25.9 Å². The van der Waals surface area contributed by atoms with E-state index in [1.807, 2.05) is 14.1 Å². The van der Waals surface area contributed by atoms with Crippen molar-refractivity contribution < 1.29 is 4.79 Å². The number of hydrogen-bond donors (Lipinski definition) is 0. The lowest BCUT2D eigenvalue weighted by Gasteiger charge is -1.99.